The average molecular weight is 234 g/mol. The molecule has 1 aromatic heterocycles. The van der Waals surface area contributed by atoms with E-state index in [9.17, 15) is 18.0 Å². The maximum Gasteiger partial charge on any atom is 0.433 e. The van der Waals surface area contributed by atoms with E-state index >= 15 is 0 Å². The van der Waals surface area contributed by atoms with Crippen LogP contribution in [0, 0.1) is 0 Å². The molecule has 2 N–H and O–H groups in total. The molecule has 1 heterocycles. The molecule has 0 aliphatic rings. The first-order valence-corrected chi connectivity index (χ1v) is 4.28. The van der Waals surface area contributed by atoms with Gasteiger partial charge in [-0.3, -0.25) is 4.79 Å². The van der Waals surface area contributed by atoms with Gasteiger partial charge in [-0.1, -0.05) is 0 Å². The molecule has 88 valence electrons. The van der Waals surface area contributed by atoms with Crippen molar-refractivity contribution in [2.24, 2.45) is 0 Å². The predicted molar refractivity (Wildman–Crippen MR) is 49.6 cm³/mol. The number of rotatable bonds is 3. The number of anilines is 1. The lowest BCUT2D eigenvalue weighted by molar-refractivity contribution is -0.141. The number of hydrogen-bond acceptors (Lipinski definition) is 4. The van der Waals surface area contributed by atoms with Crippen LogP contribution in [0.2, 0.25) is 0 Å². The van der Waals surface area contributed by atoms with Crippen molar-refractivity contribution < 1.29 is 18.0 Å². The topological polar surface area (TPSA) is 66.9 Å². The van der Waals surface area contributed by atoms with Gasteiger partial charge in [-0.05, 0) is 6.07 Å². The Labute approximate surface area is 89.1 Å². The number of carbonyl (C=O) groups is 1. The molecule has 0 unspecified atom stereocenters. The summed E-state index contributed by atoms with van der Waals surface area (Å²) in [7, 11) is 1.41. The summed E-state index contributed by atoms with van der Waals surface area (Å²) in [5.41, 5.74) is -1.05. The minimum absolute atomic E-state index is 0.183. The summed E-state index contributed by atoms with van der Waals surface area (Å²) < 4.78 is 36.7. The number of nitrogens with one attached hydrogen (secondary N) is 2. The first kappa shape index (κ1) is 12.2. The normalized spacial score (nSPS) is 11.0. The van der Waals surface area contributed by atoms with Gasteiger partial charge in [0.1, 0.15) is 5.69 Å². The number of alkyl halides is 3. The molecular weight excluding hydrogens is 225 g/mol. The van der Waals surface area contributed by atoms with Crippen molar-refractivity contribution in [3.05, 3.63) is 18.0 Å². The lowest BCUT2D eigenvalue weighted by atomic mass is 10.4. The highest BCUT2D eigenvalue weighted by molar-refractivity contribution is 5.79. The Morgan fingerprint density at radius 1 is 1.50 bits per heavy atom. The number of aromatic nitrogens is 2. The molecule has 0 saturated heterocycles. The number of amides is 1. The van der Waals surface area contributed by atoms with Crippen LogP contribution in [0.15, 0.2) is 12.3 Å². The van der Waals surface area contributed by atoms with Crippen LogP contribution in [0.25, 0.3) is 0 Å². The van der Waals surface area contributed by atoms with E-state index in [0.29, 0.717) is 0 Å². The molecule has 1 amide bonds. The first-order valence-electron chi connectivity index (χ1n) is 4.28. The molecule has 16 heavy (non-hydrogen) atoms. The molecule has 0 aliphatic heterocycles. The van der Waals surface area contributed by atoms with Crippen LogP contribution < -0.4 is 10.6 Å². The van der Waals surface area contributed by atoms with E-state index in [2.05, 4.69) is 20.6 Å². The van der Waals surface area contributed by atoms with Gasteiger partial charge in [0.15, 0.2) is 0 Å². The molecule has 5 nitrogen and oxygen atoms in total. The van der Waals surface area contributed by atoms with Gasteiger partial charge in [0.05, 0.1) is 6.54 Å². The van der Waals surface area contributed by atoms with Gasteiger partial charge < -0.3 is 10.6 Å². The standard InChI is InChI=1S/C8H9F3N4O/c1-12-6(16)4-14-7-13-3-2-5(15-7)8(9,10)11/h2-3H,4H2,1H3,(H,12,16)(H,13,14,15). The molecule has 8 heteroatoms. The zero-order valence-corrected chi connectivity index (χ0v) is 8.30. The van der Waals surface area contributed by atoms with Gasteiger partial charge in [-0.15, -0.1) is 0 Å². The van der Waals surface area contributed by atoms with E-state index in [1.807, 2.05) is 0 Å². The van der Waals surface area contributed by atoms with Gasteiger partial charge in [0.2, 0.25) is 11.9 Å². The van der Waals surface area contributed by atoms with Gasteiger partial charge in [-0.25, -0.2) is 9.97 Å². The zero-order chi connectivity index (χ0) is 12.2. The second-order valence-corrected chi connectivity index (χ2v) is 2.79. The first-order chi connectivity index (χ1) is 7.43. The van der Waals surface area contributed by atoms with Crippen molar-refractivity contribution >= 4 is 11.9 Å². The predicted octanol–water partition coefficient (Wildman–Crippen LogP) is 0.653. The highest BCUT2D eigenvalue weighted by atomic mass is 19.4. The van der Waals surface area contributed by atoms with Crippen molar-refractivity contribution in [3.63, 3.8) is 0 Å². The van der Waals surface area contributed by atoms with E-state index in [4.69, 9.17) is 0 Å². The van der Waals surface area contributed by atoms with Crippen LogP contribution in [-0.2, 0) is 11.0 Å². The summed E-state index contributed by atoms with van der Waals surface area (Å²) in [4.78, 5) is 17.6. The molecule has 0 fully saturated rings. The minimum Gasteiger partial charge on any atom is -0.358 e. The fraction of sp³-hybridized carbons (Fsp3) is 0.375. The van der Waals surface area contributed by atoms with Crippen molar-refractivity contribution in [2.45, 2.75) is 6.18 Å². The molecule has 0 saturated carbocycles. The van der Waals surface area contributed by atoms with Crippen molar-refractivity contribution in [1.29, 1.82) is 0 Å². The van der Waals surface area contributed by atoms with Crippen LogP contribution in [0.1, 0.15) is 5.69 Å². The Morgan fingerprint density at radius 2 is 2.19 bits per heavy atom. The van der Waals surface area contributed by atoms with Crippen LogP contribution in [0.5, 0.6) is 0 Å². The van der Waals surface area contributed by atoms with E-state index in [-0.39, 0.29) is 18.4 Å². The van der Waals surface area contributed by atoms with Gasteiger partial charge in [0, 0.05) is 13.2 Å². The monoisotopic (exact) mass is 234 g/mol. The zero-order valence-electron chi connectivity index (χ0n) is 8.30. The summed E-state index contributed by atoms with van der Waals surface area (Å²) in [6.07, 6.45) is -3.55. The molecule has 1 rings (SSSR count). The fourth-order valence-electron chi connectivity index (χ4n) is 0.849. The Bertz CT molecular complexity index is 380. The lowest BCUT2D eigenvalue weighted by Crippen LogP contribution is -2.27. The van der Waals surface area contributed by atoms with Gasteiger partial charge in [0.25, 0.3) is 0 Å². The van der Waals surface area contributed by atoms with Crippen molar-refractivity contribution in [1.82, 2.24) is 15.3 Å². The fourth-order valence-corrected chi connectivity index (χ4v) is 0.849. The third kappa shape index (κ3) is 3.37. The Morgan fingerprint density at radius 3 is 2.75 bits per heavy atom. The molecule has 1 aromatic rings. The SMILES string of the molecule is CNC(=O)CNc1nccc(C(F)(F)F)n1. The molecule has 0 aromatic carbocycles. The average Bonchev–Trinajstić information content (AvgIpc) is 2.25. The van der Waals surface area contributed by atoms with Crippen LogP contribution in [0.4, 0.5) is 19.1 Å². The van der Waals surface area contributed by atoms with E-state index < -0.39 is 11.9 Å². The molecule has 0 aliphatic carbocycles. The van der Waals surface area contributed by atoms with Crippen molar-refractivity contribution in [2.75, 3.05) is 18.9 Å². The van der Waals surface area contributed by atoms with Crippen molar-refractivity contribution in [3.8, 4) is 0 Å². The number of hydrogen-bond donors (Lipinski definition) is 2. The summed E-state index contributed by atoms with van der Waals surface area (Å²) in [5.74, 6) is -0.612. The van der Waals surface area contributed by atoms with E-state index in [1.165, 1.54) is 7.05 Å². The second kappa shape index (κ2) is 4.77. The lowest BCUT2D eigenvalue weighted by Gasteiger charge is -2.07. The Kier molecular flexibility index (Phi) is 3.64. The molecule has 0 bridgehead atoms. The Hall–Kier alpha value is -1.86. The second-order valence-electron chi connectivity index (χ2n) is 2.79. The molecule has 0 radical (unpaired) electrons. The summed E-state index contributed by atoms with van der Waals surface area (Å²) >= 11 is 0. The Balaban J connectivity index is 2.72. The van der Waals surface area contributed by atoms with E-state index in [0.717, 1.165) is 12.3 Å². The molecule has 0 spiro atoms. The van der Waals surface area contributed by atoms with Crippen LogP contribution in [0.3, 0.4) is 0 Å². The maximum atomic E-state index is 12.2. The summed E-state index contributed by atoms with van der Waals surface area (Å²) in [6, 6.07) is 0.755. The number of carbonyl (C=O) groups excluding carboxylic acids is 1. The summed E-state index contributed by atoms with van der Waals surface area (Å²) in [5, 5.41) is 4.67. The summed E-state index contributed by atoms with van der Waals surface area (Å²) in [6.45, 7) is -0.183. The van der Waals surface area contributed by atoms with E-state index in [1.54, 1.807) is 0 Å². The largest absolute Gasteiger partial charge is 0.433 e. The third-order valence-corrected chi connectivity index (χ3v) is 1.63. The quantitative estimate of drug-likeness (QED) is 0.806. The van der Waals surface area contributed by atoms with Crippen LogP contribution in [-0.4, -0.2) is 29.5 Å². The van der Waals surface area contributed by atoms with Gasteiger partial charge >= 0.3 is 6.18 Å². The highest BCUT2D eigenvalue weighted by Gasteiger charge is 2.32. The minimum atomic E-state index is -4.52. The smallest absolute Gasteiger partial charge is 0.358 e. The number of likely N-dealkylation sites (N-methyl/N-ethyl adjacent to an activating group) is 1. The number of halogens is 3. The van der Waals surface area contributed by atoms with Crippen LogP contribution >= 0.6 is 0 Å². The maximum absolute atomic E-state index is 12.2. The van der Waals surface area contributed by atoms with Gasteiger partial charge in [-0.2, -0.15) is 13.2 Å². The highest BCUT2D eigenvalue weighted by Crippen LogP contribution is 2.27. The molecular formula is C8H9F3N4O. The molecule has 0 atom stereocenters. The third-order valence-electron chi connectivity index (χ3n) is 1.63. The number of nitrogens with zero attached hydrogens (tertiary/aromatic N) is 2.